The van der Waals surface area contributed by atoms with Crippen LogP contribution >= 0.6 is 27.7 Å². The van der Waals surface area contributed by atoms with Gasteiger partial charge in [-0.1, -0.05) is 15.9 Å². The Balaban J connectivity index is 2.47. The van der Waals surface area contributed by atoms with Gasteiger partial charge in [0.1, 0.15) is 0 Å². The number of carboxylic acid groups (broad SMARTS) is 1. The van der Waals surface area contributed by atoms with E-state index in [4.69, 9.17) is 5.11 Å². The Morgan fingerprint density at radius 3 is 2.42 bits per heavy atom. The first-order chi connectivity index (χ1) is 8.90. The van der Waals surface area contributed by atoms with Crippen molar-refractivity contribution in [2.75, 3.05) is 5.75 Å². The SMILES string of the molecule is C[C@@H](O)[C@H](NC(=O)CSc1ccc(Br)cc1)C(=O)O. The van der Waals surface area contributed by atoms with Gasteiger partial charge in [0.05, 0.1) is 11.9 Å². The van der Waals surface area contributed by atoms with Crippen LogP contribution in [-0.2, 0) is 9.59 Å². The summed E-state index contributed by atoms with van der Waals surface area (Å²) in [5, 5.41) is 20.3. The second kappa shape index (κ2) is 7.52. The normalized spacial score (nSPS) is 13.6. The van der Waals surface area contributed by atoms with Crippen LogP contribution in [0.15, 0.2) is 33.6 Å². The number of aliphatic hydroxyl groups is 1. The molecular weight excluding hydrogens is 334 g/mol. The minimum Gasteiger partial charge on any atom is -0.480 e. The molecule has 104 valence electrons. The Morgan fingerprint density at radius 1 is 1.37 bits per heavy atom. The number of hydrogen-bond acceptors (Lipinski definition) is 4. The number of carboxylic acids is 1. The van der Waals surface area contributed by atoms with E-state index in [-0.39, 0.29) is 5.75 Å². The van der Waals surface area contributed by atoms with Crippen LogP contribution in [0.3, 0.4) is 0 Å². The van der Waals surface area contributed by atoms with E-state index < -0.39 is 24.0 Å². The van der Waals surface area contributed by atoms with Crippen LogP contribution in [0.1, 0.15) is 6.92 Å². The third-order valence-electron chi connectivity index (χ3n) is 2.25. The van der Waals surface area contributed by atoms with Gasteiger partial charge < -0.3 is 15.5 Å². The minimum atomic E-state index is -1.28. The van der Waals surface area contributed by atoms with Crippen LogP contribution in [0.4, 0.5) is 0 Å². The average Bonchev–Trinajstić information content (AvgIpc) is 2.34. The van der Waals surface area contributed by atoms with Gasteiger partial charge in [-0.2, -0.15) is 0 Å². The van der Waals surface area contributed by atoms with Crippen molar-refractivity contribution in [3.8, 4) is 0 Å². The van der Waals surface area contributed by atoms with Crippen LogP contribution in [0.5, 0.6) is 0 Å². The predicted molar refractivity (Wildman–Crippen MR) is 76.1 cm³/mol. The largest absolute Gasteiger partial charge is 0.480 e. The zero-order valence-electron chi connectivity index (χ0n) is 10.2. The molecule has 0 aliphatic carbocycles. The van der Waals surface area contributed by atoms with Crippen LogP contribution < -0.4 is 5.32 Å². The number of halogens is 1. The molecule has 7 heteroatoms. The molecule has 0 bridgehead atoms. The molecule has 0 unspecified atom stereocenters. The summed E-state index contributed by atoms with van der Waals surface area (Å²) in [6.45, 7) is 1.32. The topological polar surface area (TPSA) is 86.6 Å². The Bertz CT molecular complexity index is 450. The first kappa shape index (κ1) is 16.0. The highest BCUT2D eigenvalue weighted by Crippen LogP contribution is 2.20. The highest BCUT2D eigenvalue weighted by molar-refractivity contribution is 9.10. The molecule has 0 fully saturated rings. The second-order valence-corrected chi connectivity index (χ2v) is 5.83. The van der Waals surface area contributed by atoms with Gasteiger partial charge in [0, 0.05) is 9.37 Å². The lowest BCUT2D eigenvalue weighted by Crippen LogP contribution is -2.48. The number of thioether (sulfide) groups is 1. The van der Waals surface area contributed by atoms with Crippen molar-refractivity contribution >= 4 is 39.6 Å². The number of aliphatic carboxylic acids is 1. The van der Waals surface area contributed by atoms with E-state index >= 15 is 0 Å². The molecular formula is C12H14BrNO4S. The summed E-state index contributed by atoms with van der Waals surface area (Å²) in [5.41, 5.74) is 0. The number of benzene rings is 1. The number of carbonyl (C=O) groups is 2. The third kappa shape index (κ3) is 5.63. The van der Waals surface area contributed by atoms with Gasteiger partial charge in [0.2, 0.25) is 5.91 Å². The quantitative estimate of drug-likeness (QED) is 0.678. The van der Waals surface area contributed by atoms with Gasteiger partial charge in [-0.15, -0.1) is 11.8 Å². The highest BCUT2D eigenvalue weighted by atomic mass is 79.9. The second-order valence-electron chi connectivity index (χ2n) is 3.87. The van der Waals surface area contributed by atoms with Crippen molar-refractivity contribution in [1.82, 2.24) is 5.32 Å². The smallest absolute Gasteiger partial charge is 0.328 e. The number of rotatable bonds is 6. The Labute approximate surface area is 123 Å². The van der Waals surface area contributed by atoms with Crippen LogP contribution in [-0.4, -0.2) is 40.0 Å². The van der Waals surface area contributed by atoms with E-state index in [2.05, 4.69) is 21.2 Å². The molecule has 1 rings (SSSR count). The standard InChI is InChI=1S/C12H14BrNO4S/c1-7(15)11(12(17)18)14-10(16)6-19-9-4-2-8(13)3-5-9/h2-5,7,11,15H,6H2,1H3,(H,14,16)(H,17,18)/t7-,11+/m1/s1. The molecule has 0 aromatic heterocycles. The maximum atomic E-state index is 11.6. The number of amides is 1. The third-order valence-corrected chi connectivity index (χ3v) is 3.79. The van der Waals surface area contributed by atoms with Gasteiger partial charge >= 0.3 is 5.97 Å². The van der Waals surface area contributed by atoms with E-state index in [0.29, 0.717) is 0 Å². The van der Waals surface area contributed by atoms with Gasteiger partial charge in [0.25, 0.3) is 0 Å². The molecule has 0 aliphatic heterocycles. The molecule has 0 spiro atoms. The maximum absolute atomic E-state index is 11.6. The Hall–Kier alpha value is -1.05. The molecule has 1 aromatic carbocycles. The monoisotopic (exact) mass is 347 g/mol. The number of aliphatic hydroxyl groups excluding tert-OH is 1. The van der Waals surface area contributed by atoms with E-state index in [1.54, 1.807) is 0 Å². The number of nitrogens with one attached hydrogen (secondary N) is 1. The first-order valence-corrected chi connectivity index (χ1v) is 7.26. The summed E-state index contributed by atoms with van der Waals surface area (Å²) >= 11 is 4.60. The fourth-order valence-corrected chi connectivity index (χ4v) is 2.26. The lowest BCUT2D eigenvalue weighted by molar-refractivity contribution is -0.144. The van der Waals surface area contributed by atoms with Crippen molar-refractivity contribution in [2.24, 2.45) is 0 Å². The number of hydrogen-bond donors (Lipinski definition) is 3. The van der Waals surface area contributed by atoms with Crippen LogP contribution in [0.2, 0.25) is 0 Å². The maximum Gasteiger partial charge on any atom is 0.328 e. The van der Waals surface area contributed by atoms with Crippen molar-refractivity contribution in [1.29, 1.82) is 0 Å². The predicted octanol–water partition coefficient (Wildman–Crippen LogP) is 1.49. The summed E-state index contributed by atoms with van der Waals surface area (Å²) < 4.78 is 0.946. The lowest BCUT2D eigenvalue weighted by atomic mass is 10.2. The molecule has 0 radical (unpaired) electrons. The zero-order chi connectivity index (χ0) is 14.4. The van der Waals surface area contributed by atoms with Gasteiger partial charge in [-0.25, -0.2) is 4.79 Å². The zero-order valence-corrected chi connectivity index (χ0v) is 12.6. The molecule has 0 saturated heterocycles. The van der Waals surface area contributed by atoms with Crippen LogP contribution in [0, 0.1) is 0 Å². The van der Waals surface area contributed by atoms with E-state index in [9.17, 15) is 14.7 Å². The number of carbonyl (C=O) groups excluding carboxylic acids is 1. The molecule has 0 saturated carbocycles. The molecule has 0 aliphatic rings. The summed E-state index contributed by atoms with van der Waals surface area (Å²) in [7, 11) is 0. The average molecular weight is 348 g/mol. The molecule has 1 amide bonds. The minimum absolute atomic E-state index is 0.0954. The first-order valence-electron chi connectivity index (χ1n) is 5.48. The Kier molecular flexibility index (Phi) is 6.33. The van der Waals surface area contributed by atoms with Gasteiger partial charge in [-0.3, -0.25) is 4.79 Å². The molecule has 5 nitrogen and oxygen atoms in total. The summed E-state index contributed by atoms with van der Waals surface area (Å²) in [6, 6.07) is 6.14. The lowest BCUT2D eigenvalue weighted by Gasteiger charge is -2.16. The fourth-order valence-electron chi connectivity index (χ4n) is 1.28. The van der Waals surface area contributed by atoms with Crippen molar-refractivity contribution in [2.45, 2.75) is 24.0 Å². The van der Waals surface area contributed by atoms with Gasteiger partial charge in [0.15, 0.2) is 6.04 Å². The Morgan fingerprint density at radius 2 is 1.95 bits per heavy atom. The fraction of sp³-hybridized carbons (Fsp3) is 0.333. The molecule has 2 atom stereocenters. The van der Waals surface area contributed by atoms with Gasteiger partial charge in [-0.05, 0) is 31.2 Å². The van der Waals surface area contributed by atoms with E-state index in [0.717, 1.165) is 9.37 Å². The van der Waals surface area contributed by atoms with E-state index in [1.165, 1.54) is 18.7 Å². The summed E-state index contributed by atoms with van der Waals surface area (Å²) in [5.74, 6) is -1.59. The van der Waals surface area contributed by atoms with Crippen LogP contribution in [0.25, 0.3) is 0 Å². The summed E-state index contributed by atoms with van der Waals surface area (Å²) in [6.07, 6.45) is -1.14. The molecule has 1 aromatic rings. The van der Waals surface area contributed by atoms with E-state index in [1.807, 2.05) is 24.3 Å². The molecule has 19 heavy (non-hydrogen) atoms. The highest BCUT2D eigenvalue weighted by Gasteiger charge is 2.24. The van der Waals surface area contributed by atoms with Crippen molar-refractivity contribution in [3.05, 3.63) is 28.7 Å². The molecule has 3 N–H and O–H groups in total. The molecule has 0 heterocycles. The summed E-state index contributed by atoms with van der Waals surface area (Å²) in [4.78, 5) is 23.3. The van der Waals surface area contributed by atoms with Crippen molar-refractivity contribution in [3.63, 3.8) is 0 Å². The van der Waals surface area contributed by atoms with Crippen molar-refractivity contribution < 1.29 is 19.8 Å².